The molecular weight excluding hydrogens is 318 g/mol. The Bertz CT molecular complexity index is 698. The third-order valence-electron chi connectivity index (χ3n) is 4.12. The summed E-state index contributed by atoms with van der Waals surface area (Å²) in [5.74, 6) is -1.68. The Hall–Kier alpha value is -2.66. The molecule has 0 fully saturated rings. The largest absolute Gasteiger partial charge is 0.479 e. The third kappa shape index (κ3) is 5.72. The van der Waals surface area contributed by atoms with Gasteiger partial charge in [-0.1, -0.05) is 60.7 Å². The number of carboxylic acids is 1. The second kappa shape index (κ2) is 8.44. The van der Waals surface area contributed by atoms with Crippen molar-refractivity contribution >= 4 is 11.9 Å². The van der Waals surface area contributed by atoms with Gasteiger partial charge in [-0.2, -0.15) is 0 Å². The molecule has 0 aliphatic heterocycles. The van der Waals surface area contributed by atoms with Gasteiger partial charge >= 0.3 is 5.97 Å². The number of amides is 1. The normalized spacial score (nSPS) is 14.3. The van der Waals surface area contributed by atoms with Crippen LogP contribution in [0.5, 0.6) is 0 Å². The average molecular weight is 341 g/mol. The van der Waals surface area contributed by atoms with Crippen molar-refractivity contribution in [1.82, 2.24) is 5.32 Å². The first kappa shape index (κ1) is 18.7. The molecule has 2 aromatic rings. The fourth-order valence-corrected chi connectivity index (χ4v) is 2.57. The van der Waals surface area contributed by atoms with Crippen LogP contribution in [-0.4, -0.2) is 34.2 Å². The Morgan fingerprint density at radius 3 is 2.16 bits per heavy atom. The minimum absolute atomic E-state index is 0.0293. The van der Waals surface area contributed by atoms with Gasteiger partial charge in [0.1, 0.15) is 0 Å². The summed E-state index contributed by atoms with van der Waals surface area (Å²) < 4.78 is 0. The fourth-order valence-electron chi connectivity index (χ4n) is 2.57. The van der Waals surface area contributed by atoms with Crippen molar-refractivity contribution in [3.8, 4) is 0 Å². The van der Waals surface area contributed by atoms with E-state index in [2.05, 4.69) is 5.32 Å². The van der Waals surface area contributed by atoms with Gasteiger partial charge in [0.25, 0.3) is 0 Å². The van der Waals surface area contributed by atoms with Crippen LogP contribution >= 0.6 is 0 Å². The zero-order valence-corrected chi connectivity index (χ0v) is 14.2. The number of benzene rings is 2. The van der Waals surface area contributed by atoms with Gasteiger partial charge < -0.3 is 15.5 Å². The van der Waals surface area contributed by atoms with Gasteiger partial charge in [0.05, 0.1) is 6.54 Å². The Balaban J connectivity index is 2.06. The molecule has 3 N–H and O–H groups in total. The number of carboxylic acid groups (broad SMARTS) is 1. The molecule has 2 rings (SSSR count). The van der Waals surface area contributed by atoms with Crippen LogP contribution in [0.2, 0.25) is 0 Å². The Labute approximate surface area is 147 Å². The molecule has 0 radical (unpaired) electrons. The molecule has 0 heterocycles. The summed E-state index contributed by atoms with van der Waals surface area (Å²) in [4.78, 5) is 23.2. The van der Waals surface area contributed by atoms with Crippen LogP contribution in [0.1, 0.15) is 30.4 Å². The van der Waals surface area contributed by atoms with Gasteiger partial charge in [-0.15, -0.1) is 0 Å². The topological polar surface area (TPSA) is 86.6 Å². The Morgan fingerprint density at radius 2 is 1.60 bits per heavy atom. The predicted molar refractivity (Wildman–Crippen MR) is 95.2 cm³/mol. The van der Waals surface area contributed by atoms with Crippen molar-refractivity contribution in [1.29, 1.82) is 0 Å². The summed E-state index contributed by atoms with van der Waals surface area (Å²) >= 11 is 0. The summed E-state index contributed by atoms with van der Waals surface area (Å²) in [6.07, 6.45) is 0.919. The molecule has 0 spiro atoms. The maximum Gasteiger partial charge on any atom is 0.337 e. The van der Waals surface area contributed by atoms with E-state index in [9.17, 15) is 14.7 Å². The number of hydrogen-bond acceptors (Lipinski definition) is 3. The lowest BCUT2D eigenvalue weighted by molar-refractivity contribution is -0.156. The van der Waals surface area contributed by atoms with Gasteiger partial charge in [0.2, 0.25) is 5.91 Å². The highest BCUT2D eigenvalue weighted by Crippen LogP contribution is 2.24. The van der Waals surface area contributed by atoms with Crippen LogP contribution in [-0.2, 0) is 16.0 Å². The molecule has 2 atom stereocenters. The second-order valence-corrected chi connectivity index (χ2v) is 6.36. The molecule has 1 amide bonds. The fraction of sp³-hybridized carbons (Fsp3) is 0.300. The molecule has 0 bridgehead atoms. The Morgan fingerprint density at radius 1 is 1.04 bits per heavy atom. The van der Waals surface area contributed by atoms with E-state index in [0.29, 0.717) is 6.42 Å². The molecular formula is C20H23NO4. The molecule has 25 heavy (non-hydrogen) atoms. The smallest absolute Gasteiger partial charge is 0.337 e. The number of carbonyl (C=O) groups is 2. The lowest BCUT2D eigenvalue weighted by atomic mass is 9.89. The minimum Gasteiger partial charge on any atom is -0.479 e. The zero-order valence-electron chi connectivity index (χ0n) is 14.2. The first-order valence-corrected chi connectivity index (χ1v) is 8.20. The number of hydrogen-bond donors (Lipinski definition) is 3. The van der Waals surface area contributed by atoms with E-state index in [0.717, 1.165) is 18.1 Å². The van der Waals surface area contributed by atoms with Gasteiger partial charge in [-0.05, 0) is 30.4 Å². The van der Waals surface area contributed by atoms with Crippen molar-refractivity contribution in [3.63, 3.8) is 0 Å². The Kier molecular flexibility index (Phi) is 6.31. The second-order valence-electron chi connectivity index (χ2n) is 6.36. The van der Waals surface area contributed by atoms with Gasteiger partial charge in [0.15, 0.2) is 5.60 Å². The van der Waals surface area contributed by atoms with E-state index >= 15 is 0 Å². The summed E-state index contributed by atoms with van der Waals surface area (Å²) in [6, 6.07) is 19.6. The molecule has 0 aromatic heterocycles. The maximum absolute atomic E-state index is 12.3. The zero-order chi connectivity index (χ0) is 18.3. The van der Waals surface area contributed by atoms with Gasteiger partial charge in [-0.3, -0.25) is 4.79 Å². The lowest BCUT2D eigenvalue weighted by Gasteiger charge is -2.21. The lowest BCUT2D eigenvalue weighted by Crippen LogP contribution is -2.46. The van der Waals surface area contributed by atoms with Crippen LogP contribution < -0.4 is 5.32 Å². The maximum atomic E-state index is 12.3. The van der Waals surface area contributed by atoms with E-state index in [1.54, 1.807) is 0 Å². The predicted octanol–water partition coefficient (Wildman–Crippen LogP) is 2.35. The highest BCUT2D eigenvalue weighted by atomic mass is 16.4. The van der Waals surface area contributed by atoms with Crippen LogP contribution in [0, 0.1) is 0 Å². The first-order chi connectivity index (χ1) is 11.9. The van der Waals surface area contributed by atoms with Gasteiger partial charge in [-0.25, -0.2) is 4.79 Å². The van der Waals surface area contributed by atoms with E-state index < -0.39 is 11.6 Å². The van der Waals surface area contributed by atoms with Crippen LogP contribution in [0.15, 0.2) is 60.7 Å². The molecule has 5 heteroatoms. The summed E-state index contributed by atoms with van der Waals surface area (Å²) in [6.45, 7) is 0.836. The monoisotopic (exact) mass is 341 g/mol. The SMILES string of the molecule is CC(O)(CNC(=O)CC(Cc1ccccc1)c1ccccc1)C(=O)O. The van der Waals surface area contributed by atoms with Crippen molar-refractivity contribution in [2.24, 2.45) is 0 Å². The highest BCUT2D eigenvalue weighted by molar-refractivity contribution is 5.80. The first-order valence-electron chi connectivity index (χ1n) is 8.20. The highest BCUT2D eigenvalue weighted by Gasteiger charge is 2.30. The molecule has 0 aliphatic rings. The minimum atomic E-state index is -1.97. The molecule has 0 aliphatic carbocycles. The van der Waals surface area contributed by atoms with Crippen molar-refractivity contribution < 1.29 is 19.8 Å². The van der Waals surface area contributed by atoms with Crippen LogP contribution in [0.3, 0.4) is 0 Å². The summed E-state index contributed by atoms with van der Waals surface area (Å²) in [5.41, 5.74) is 0.199. The van der Waals surface area contributed by atoms with Crippen molar-refractivity contribution in [3.05, 3.63) is 71.8 Å². The summed E-state index contributed by atoms with van der Waals surface area (Å²) in [7, 11) is 0. The van der Waals surface area contributed by atoms with Gasteiger partial charge in [0, 0.05) is 6.42 Å². The average Bonchev–Trinajstić information content (AvgIpc) is 2.61. The van der Waals surface area contributed by atoms with Crippen LogP contribution in [0.25, 0.3) is 0 Å². The number of nitrogens with one attached hydrogen (secondary N) is 1. The molecule has 2 unspecified atom stereocenters. The number of carbonyl (C=O) groups excluding carboxylic acids is 1. The molecule has 0 saturated heterocycles. The number of aliphatic carboxylic acids is 1. The molecule has 132 valence electrons. The molecule has 5 nitrogen and oxygen atoms in total. The number of aliphatic hydroxyl groups is 1. The quantitative estimate of drug-likeness (QED) is 0.688. The molecule has 2 aromatic carbocycles. The van der Waals surface area contributed by atoms with E-state index in [1.807, 2.05) is 60.7 Å². The standard InChI is InChI=1S/C20H23NO4/c1-20(25,19(23)24)14-21-18(22)13-17(16-10-6-3-7-11-16)12-15-8-4-2-5-9-15/h2-11,17,25H,12-14H2,1H3,(H,21,22)(H,23,24). The van der Waals surface area contributed by atoms with Crippen LogP contribution in [0.4, 0.5) is 0 Å². The van der Waals surface area contributed by atoms with E-state index in [-0.39, 0.29) is 24.8 Å². The molecule has 0 saturated carbocycles. The van der Waals surface area contributed by atoms with E-state index in [1.165, 1.54) is 0 Å². The van der Waals surface area contributed by atoms with Crippen molar-refractivity contribution in [2.75, 3.05) is 6.54 Å². The third-order valence-corrected chi connectivity index (χ3v) is 4.12. The van der Waals surface area contributed by atoms with E-state index in [4.69, 9.17) is 5.11 Å². The number of rotatable bonds is 8. The summed E-state index contributed by atoms with van der Waals surface area (Å²) in [5, 5.41) is 21.1. The van der Waals surface area contributed by atoms with Crippen molar-refractivity contribution in [2.45, 2.75) is 31.3 Å².